The van der Waals surface area contributed by atoms with Crippen LogP contribution in [0.2, 0.25) is 4.34 Å². The molecule has 0 N–H and O–H groups in total. The average Bonchev–Trinajstić information content (AvgIpc) is 3.34. The Morgan fingerprint density at radius 2 is 2.19 bits per heavy atom. The van der Waals surface area contributed by atoms with Gasteiger partial charge in [0.05, 0.1) is 38.5 Å². The van der Waals surface area contributed by atoms with Crippen molar-refractivity contribution in [1.82, 2.24) is 9.55 Å². The first-order valence-corrected chi connectivity index (χ1v) is 10.8. The quantitative estimate of drug-likeness (QED) is 0.338. The SMILES string of the molecule is O=C(CSc1nc2ccccc2c(=O)n1C[C@@H]1CCCO1)c1ccc(Cl)s1. The maximum atomic E-state index is 13.0. The molecule has 0 aliphatic carbocycles. The van der Waals surface area contributed by atoms with Crippen molar-refractivity contribution < 1.29 is 9.53 Å². The molecule has 3 aromatic rings. The summed E-state index contributed by atoms with van der Waals surface area (Å²) < 4.78 is 7.94. The summed E-state index contributed by atoms with van der Waals surface area (Å²) >= 11 is 8.46. The first-order chi connectivity index (χ1) is 13.1. The average molecular weight is 421 g/mol. The second kappa shape index (κ2) is 8.14. The molecule has 4 rings (SSSR count). The third-order valence-corrected chi connectivity index (χ3v) is 6.67. The number of carbonyl (C=O) groups excluding carboxylic acids is 1. The molecule has 1 fully saturated rings. The second-order valence-electron chi connectivity index (χ2n) is 6.28. The summed E-state index contributed by atoms with van der Waals surface area (Å²) in [7, 11) is 0. The number of hydrogen-bond acceptors (Lipinski definition) is 6. The maximum Gasteiger partial charge on any atom is 0.262 e. The molecule has 1 aromatic carbocycles. The van der Waals surface area contributed by atoms with Crippen molar-refractivity contribution in [2.45, 2.75) is 30.6 Å². The number of aromatic nitrogens is 2. The molecule has 5 nitrogen and oxygen atoms in total. The van der Waals surface area contributed by atoms with E-state index in [2.05, 4.69) is 4.98 Å². The molecule has 0 bridgehead atoms. The van der Waals surface area contributed by atoms with E-state index in [9.17, 15) is 9.59 Å². The highest BCUT2D eigenvalue weighted by Crippen LogP contribution is 2.25. The molecule has 0 radical (unpaired) electrons. The van der Waals surface area contributed by atoms with Crippen LogP contribution < -0.4 is 5.56 Å². The van der Waals surface area contributed by atoms with Crippen LogP contribution in [0.15, 0.2) is 46.3 Å². The molecule has 27 heavy (non-hydrogen) atoms. The van der Waals surface area contributed by atoms with Crippen LogP contribution in [0.1, 0.15) is 22.5 Å². The highest BCUT2D eigenvalue weighted by atomic mass is 35.5. The first-order valence-electron chi connectivity index (χ1n) is 8.64. The normalized spacial score (nSPS) is 16.9. The van der Waals surface area contributed by atoms with Gasteiger partial charge in [-0.1, -0.05) is 35.5 Å². The monoisotopic (exact) mass is 420 g/mol. The summed E-state index contributed by atoms with van der Waals surface area (Å²) in [5.41, 5.74) is 0.547. The highest BCUT2D eigenvalue weighted by molar-refractivity contribution is 7.99. The number of rotatable bonds is 6. The highest BCUT2D eigenvalue weighted by Gasteiger charge is 2.21. The van der Waals surface area contributed by atoms with Gasteiger partial charge in [-0.3, -0.25) is 14.2 Å². The Hall–Kier alpha value is -1.67. The van der Waals surface area contributed by atoms with Crippen LogP contribution in [-0.2, 0) is 11.3 Å². The molecule has 0 unspecified atom stereocenters. The van der Waals surface area contributed by atoms with Crippen LogP contribution >= 0.6 is 34.7 Å². The van der Waals surface area contributed by atoms with Crippen molar-refractivity contribution >= 4 is 51.4 Å². The lowest BCUT2D eigenvalue weighted by molar-refractivity contribution is 0.0937. The zero-order valence-electron chi connectivity index (χ0n) is 14.4. The fraction of sp³-hybridized carbons (Fsp3) is 0.316. The largest absolute Gasteiger partial charge is 0.376 e. The molecular formula is C19H17ClN2O3S2. The summed E-state index contributed by atoms with van der Waals surface area (Å²) in [6, 6.07) is 10.7. The number of ether oxygens (including phenoxy) is 1. The summed E-state index contributed by atoms with van der Waals surface area (Å²) in [5.74, 6) is 0.177. The van der Waals surface area contributed by atoms with Crippen molar-refractivity contribution in [3.8, 4) is 0 Å². The summed E-state index contributed by atoms with van der Waals surface area (Å²) in [6.45, 7) is 1.18. The van der Waals surface area contributed by atoms with E-state index in [4.69, 9.17) is 16.3 Å². The van der Waals surface area contributed by atoms with Crippen LogP contribution in [0, 0.1) is 0 Å². The Morgan fingerprint density at radius 1 is 1.33 bits per heavy atom. The summed E-state index contributed by atoms with van der Waals surface area (Å²) in [5, 5.41) is 1.13. The van der Waals surface area contributed by atoms with Crippen molar-refractivity contribution in [2.75, 3.05) is 12.4 Å². The second-order valence-corrected chi connectivity index (χ2v) is 8.94. The van der Waals surface area contributed by atoms with Crippen molar-refractivity contribution in [3.63, 3.8) is 0 Å². The summed E-state index contributed by atoms with van der Waals surface area (Å²) in [6.07, 6.45) is 1.94. The smallest absolute Gasteiger partial charge is 0.262 e. The zero-order valence-corrected chi connectivity index (χ0v) is 16.8. The third kappa shape index (κ3) is 4.11. The van der Waals surface area contributed by atoms with Gasteiger partial charge in [-0.2, -0.15) is 0 Å². The van der Waals surface area contributed by atoms with Crippen LogP contribution in [0.25, 0.3) is 10.9 Å². The van der Waals surface area contributed by atoms with Gasteiger partial charge in [-0.25, -0.2) is 4.98 Å². The summed E-state index contributed by atoms with van der Waals surface area (Å²) in [4.78, 5) is 30.7. The van der Waals surface area contributed by atoms with Gasteiger partial charge < -0.3 is 4.74 Å². The number of benzene rings is 1. The van der Waals surface area contributed by atoms with Gasteiger partial charge in [-0.15, -0.1) is 11.3 Å². The molecule has 3 heterocycles. The molecule has 1 aliphatic rings. The number of hydrogen-bond donors (Lipinski definition) is 0. The fourth-order valence-corrected chi connectivity index (χ4v) is 5.04. The van der Waals surface area contributed by atoms with E-state index in [-0.39, 0.29) is 23.2 Å². The van der Waals surface area contributed by atoms with Gasteiger partial charge in [-0.05, 0) is 37.1 Å². The molecule has 0 amide bonds. The van der Waals surface area contributed by atoms with Gasteiger partial charge in [0.1, 0.15) is 0 Å². The van der Waals surface area contributed by atoms with E-state index in [1.54, 1.807) is 22.8 Å². The topological polar surface area (TPSA) is 61.2 Å². The number of thioether (sulfide) groups is 1. The number of fused-ring (bicyclic) bond motifs is 1. The Morgan fingerprint density at radius 3 is 2.93 bits per heavy atom. The molecular weight excluding hydrogens is 404 g/mol. The number of halogens is 1. The van der Waals surface area contributed by atoms with Gasteiger partial charge in [0.2, 0.25) is 0 Å². The van der Waals surface area contributed by atoms with Crippen LogP contribution in [0.4, 0.5) is 0 Å². The van der Waals surface area contributed by atoms with E-state index < -0.39 is 0 Å². The molecule has 0 saturated carbocycles. The minimum Gasteiger partial charge on any atom is -0.376 e. The van der Waals surface area contributed by atoms with E-state index in [1.807, 2.05) is 18.2 Å². The van der Waals surface area contributed by atoms with Gasteiger partial charge in [0.25, 0.3) is 5.56 Å². The minimum atomic E-state index is -0.0924. The standard InChI is InChI=1S/C19H17ClN2O3S2/c20-17-8-7-16(27-17)15(23)11-26-19-21-14-6-2-1-5-13(14)18(24)22(19)10-12-4-3-9-25-12/h1-2,5-8,12H,3-4,9-11H2/t12-/m0/s1. The molecule has 1 saturated heterocycles. The Labute approximate surface area is 169 Å². The first kappa shape index (κ1) is 18.7. The van der Waals surface area contributed by atoms with E-state index >= 15 is 0 Å². The lowest BCUT2D eigenvalue weighted by Gasteiger charge is -2.16. The van der Waals surface area contributed by atoms with Gasteiger partial charge >= 0.3 is 0 Å². The number of carbonyl (C=O) groups is 1. The lowest BCUT2D eigenvalue weighted by atomic mass is 10.2. The van der Waals surface area contributed by atoms with Crippen molar-refractivity contribution in [2.24, 2.45) is 0 Å². The van der Waals surface area contributed by atoms with E-state index in [1.165, 1.54) is 23.1 Å². The minimum absolute atomic E-state index is 0.0109. The lowest BCUT2D eigenvalue weighted by Crippen LogP contribution is -2.29. The number of Topliss-reactive ketones (excluding diaryl/α,β-unsaturated/α-hetero) is 1. The predicted octanol–water partition coefficient (Wildman–Crippen LogP) is 4.27. The molecule has 140 valence electrons. The number of ketones is 1. The molecule has 0 spiro atoms. The fourth-order valence-electron chi connectivity index (χ4n) is 3.08. The van der Waals surface area contributed by atoms with E-state index in [0.717, 1.165) is 19.4 Å². The Balaban J connectivity index is 1.64. The van der Waals surface area contributed by atoms with E-state index in [0.29, 0.717) is 31.8 Å². The Kier molecular flexibility index (Phi) is 5.63. The zero-order chi connectivity index (χ0) is 18.8. The van der Waals surface area contributed by atoms with Crippen LogP contribution in [0.3, 0.4) is 0 Å². The van der Waals surface area contributed by atoms with Gasteiger partial charge in [0.15, 0.2) is 10.9 Å². The van der Waals surface area contributed by atoms with Gasteiger partial charge in [0, 0.05) is 6.61 Å². The molecule has 2 aromatic heterocycles. The number of para-hydroxylation sites is 1. The third-order valence-electron chi connectivity index (χ3n) is 4.42. The number of thiophene rings is 1. The molecule has 1 atom stereocenters. The van der Waals surface area contributed by atoms with Crippen LogP contribution in [-0.4, -0.2) is 33.8 Å². The van der Waals surface area contributed by atoms with Crippen LogP contribution in [0.5, 0.6) is 0 Å². The predicted molar refractivity (Wildman–Crippen MR) is 109 cm³/mol. The maximum absolute atomic E-state index is 13.0. The Bertz CT molecular complexity index is 1040. The van der Waals surface area contributed by atoms with Crippen molar-refractivity contribution in [3.05, 3.63) is 56.0 Å². The molecule has 8 heteroatoms. The van der Waals surface area contributed by atoms with Crippen molar-refractivity contribution in [1.29, 1.82) is 0 Å². The number of nitrogens with zero attached hydrogens (tertiary/aromatic N) is 2. The molecule has 1 aliphatic heterocycles.